The molecule has 5 nitrogen and oxygen atoms in total. The average Bonchev–Trinajstić information content (AvgIpc) is 3.78. The molecule has 0 spiro atoms. The van der Waals surface area contributed by atoms with Gasteiger partial charge in [-0.25, -0.2) is 9.78 Å². The molecule has 1 aliphatic carbocycles. The minimum absolute atomic E-state index is 0.101. The lowest BCUT2D eigenvalue weighted by atomic mass is 9.82. The summed E-state index contributed by atoms with van der Waals surface area (Å²) < 4.78 is 8.42. The molecule has 5 unspecified atom stereocenters. The van der Waals surface area contributed by atoms with Crippen LogP contribution in [0.25, 0.3) is 0 Å². The van der Waals surface area contributed by atoms with Crippen LogP contribution in [-0.4, -0.2) is 49.1 Å². The van der Waals surface area contributed by atoms with Gasteiger partial charge in [-0.2, -0.15) is 0 Å². The van der Waals surface area contributed by atoms with E-state index in [0.717, 1.165) is 71.1 Å². The Hall–Kier alpha value is -0.920. The predicted molar refractivity (Wildman–Crippen MR) is 235 cm³/mol. The molecule has 1 aliphatic heterocycles. The lowest BCUT2D eigenvalue weighted by molar-refractivity contribution is -0.315. The molecule has 0 bridgehead atoms. The molecule has 1 saturated heterocycles. The predicted octanol–water partition coefficient (Wildman–Crippen LogP) is 14.2. The van der Waals surface area contributed by atoms with Crippen LogP contribution in [-0.2, 0) is 19.3 Å². The van der Waals surface area contributed by atoms with Crippen LogP contribution in [0.1, 0.15) is 201 Å². The SMILES string of the molecule is CC/C=C\CC1C(COOCC(CCCCCCCCCC/C=C\C/C=C\CCCC)OCCCCCCCCCC)CCC1CC(=O)C1CCN(S)C1. The highest BCUT2D eigenvalue weighted by Crippen LogP contribution is 2.42. The number of ketones is 1. The Labute approximate surface area is 340 Å². The third kappa shape index (κ3) is 25.4. The highest BCUT2D eigenvalue weighted by molar-refractivity contribution is 7.77. The van der Waals surface area contributed by atoms with Gasteiger partial charge in [0.2, 0.25) is 0 Å². The fraction of sp³-hybridized carbons (Fsp3) is 0.854. The van der Waals surface area contributed by atoms with Gasteiger partial charge in [-0.05, 0) is 88.4 Å². The molecular formula is C48H87NO4S. The number of nitrogens with zero attached hydrogens (tertiary/aromatic N) is 1. The van der Waals surface area contributed by atoms with Gasteiger partial charge in [0.15, 0.2) is 0 Å². The van der Waals surface area contributed by atoms with Crippen LogP contribution >= 0.6 is 12.8 Å². The maximum Gasteiger partial charge on any atom is 0.137 e. The van der Waals surface area contributed by atoms with Gasteiger partial charge in [0.05, 0.1) is 12.7 Å². The lowest BCUT2D eigenvalue weighted by Gasteiger charge is -2.24. The Morgan fingerprint density at radius 3 is 1.98 bits per heavy atom. The van der Waals surface area contributed by atoms with Crippen molar-refractivity contribution in [1.82, 2.24) is 4.31 Å². The molecule has 0 aromatic heterocycles. The van der Waals surface area contributed by atoms with Gasteiger partial charge in [-0.1, -0.05) is 173 Å². The van der Waals surface area contributed by atoms with E-state index >= 15 is 0 Å². The van der Waals surface area contributed by atoms with Crippen molar-refractivity contribution in [3.8, 4) is 0 Å². The van der Waals surface area contributed by atoms with Gasteiger partial charge in [0.1, 0.15) is 12.4 Å². The molecule has 1 heterocycles. The van der Waals surface area contributed by atoms with E-state index in [0.29, 0.717) is 43.2 Å². The zero-order chi connectivity index (χ0) is 38.7. The van der Waals surface area contributed by atoms with Crippen molar-refractivity contribution in [2.75, 3.05) is 32.9 Å². The monoisotopic (exact) mass is 774 g/mol. The topological polar surface area (TPSA) is 48.0 Å². The number of unbranched alkanes of at least 4 members (excludes halogenated alkanes) is 17. The van der Waals surface area contributed by atoms with Crippen molar-refractivity contribution in [3.63, 3.8) is 0 Å². The number of hydrogen-bond acceptors (Lipinski definition) is 6. The molecule has 0 radical (unpaired) electrons. The van der Waals surface area contributed by atoms with Crippen LogP contribution in [0.5, 0.6) is 0 Å². The molecule has 0 amide bonds. The van der Waals surface area contributed by atoms with Crippen LogP contribution in [0.2, 0.25) is 0 Å². The fourth-order valence-corrected chi connectivity index (χ4v) is 8.73. The largest absolute Gasteiger partial charge is 0.376 e. The summed E-state index contributed by atoms with van der Waals surface area (Å²) in [4.78, 5) is 25.1. The third-order valence-electron chi connectivity index (χ3n) is 12.0. The summed E-state index contributed by atoms with van der Waals surface area (Å²) in [6, 6.07) is 0. The van der Waals surface area contributed by atoms with E-state index in [2.05, 4.69) is 70.0 Å². The Kier molecular flexibility index (Phi) is 32.1. The number of thiol groups is 1. The van der Waals surface area contributed by atoms with Crippen molar-refractivity contribution < 1.29 is 19.3 Å². The number of ether oxygens (including phenoxy) is 1. The fourth-order valence-electron chi connectivity index (χ4n) is 8.42. The standard InChI is InChI=1S/C48H87NO4S/c1-4-7-10-12-14-16-17-18-19-20-21-22-23-24-25-27-30-32-46(51-38-31-28-26-15-13-11-8-5-2)42-53-52-41-45-35-34-43(47(45)33-29-9-6-3)39-48(50)44-36-37-49(54)40-44/h9,12,14,17-18,29,43-47,54H,4-8,10-11,13,15-16,19-28,30-42H2,1-3H3/b14-12-,18-17-,29-9-. The van der Waals surface area contributed by atoms with Crippen LogP contribution in [0, 0.1) is 23.7 Å². The number of allylic oxidation sites excluding steroid dienone is 6. The summed E-state index contributed by atoms with van der Waals surface area (Å²) in [5.74, 6) is 1.96. The van der Waals surface area contributed by atoms with Gasteiger partial charge in [0, 0.05) is 32.0 Å². The quantitative estimate of drug-likeness (QED) is 0.0224. The molecule has 314 valence electrons. The Bertz CT molecular complexity index is 953. The van der Waals surface area contributed by atoms with Crippen molar-refractivity contribution in [1.29, 1.82) is 0 Å². The summed E-state index contributed by atoms with van der Waals surface area (Å²) in [7, 11) is 0. The summed E-state index contributed by atoms with van der Waals surface area (Å²) in [5.41, 5.74) is 0. The number of rotatable bonds is 37. The molecule has 0 aromatic carbocycles. The minimum Gasteiger partial charge on any atom is -0.376 e. The molecule has 2 aliphatic rings. The normalized spacial score (nSPS) is 21.5. The van der Waals surface area contributed by atoms with Crippen LogP contribution < -0.4 is 0 Å². The Morgan fingerprint density at radius 2 is 1.31 bits per heavy atom. The zero-order valence-corrected chi connectivity index (χ0v) is 36.6. The second-order valence-corrected chi connectivity index (χ2v) is 17.3. The van der Waals surface area contributed by atoms with Gasteiger partial charge in [-0.15, -0.1) is 0 Å². The first kappa shape index (κ1) is 49.2. The maximum atomic E-state index is 13.2. The molecule has 2 rings (SSSR count). The molecule has 2 fully saturated rings. The number of carbonyl (C=O) groups is 1. The van der Waals surface area contributed by atoms with Gasteiger partial charge in [-0.3, -0.25) is 9.10 Å². The van der Waals surface area contributed by atoms with Crippen LogP contribution in [0.15, 0.2) is 36.5 Å². The van der Waals surface area contributed by atoms with E-state index in [9.17, 15) is 4.79 Å². The molecular weight excluding hydrogens is 687 g/mol. The first-order valence-electron chi connectivity index (χ1n) is 23.4. The molecule has 1 saturated carbocycles. The summed E-state index contributed by atoms with van der Waals surface area (Å²) in [6.45, 7) is 10.4. The molecule has 0 aromatic rings. The van der Waals surface area contributed by atoms with E-state index in [1.54, 1.807) is 0 Å². The second-order valence-electron chi connectivity index (χ2n) is 16.7. The van der Waals surface area contributed by atoms with Crippen molar-refractivity contribution in [2.45, 2.75) is 207 Å². The third-order valence-corrected chi connectivity index (χ3v) is 12.3. The van der Waals surface area contributed by atoms with E-state index in [4.69, 9.17) is 14.5 Å². The van der Waals surface area contributed by atoms with Crippen molar-refractivity contribution >= 4 is 18.6 Å². The smallest absolute Gasteiger partial charge is 0.137 e. The van der Waals surface area contributed by atoms with Crippen LogP contribution in [0.4, 0.5) is 0 Å². The van der Waals surface area contributed by atoms with E-state index in [-0.39, 0.29) is 12.0 Å². The number of Topliss-reactive ketones (excluding diaryl/α,β-unsaturated/α-hetero) is 1. The van der Waals surface area contributed by atoms with E-state index in [1.165, 1.54) is 122 Å². The first-order valence-corrected chi connectivity index (χ1v) is 23.8. The lowest BCUT2D eigenvalue weighted by Crippen LogP contribution is -2.25. The van der Waals surface area contributed by atoms with Gasteiger partial charge in [0.25, 0.3) is 0 Å². The molecule has 5 atom stereocenters. The summed E-state index contributed by atoms with van der Waals surface area (Å²) in [5, 5.41) is 0. The maximum absolute atomic E-state index is 13.2. The molecule has 0 N–H and O–H groups in total. The van der Waals surface area contributed by atoms with E-state index in [1.807, 2.05) is 4.31 Å². The van der Waals surface area contributed by atoms with E-state index < -0.39 is 0 Å². The van der Waals surface area contributed by atoms with Crippen molar-refractivity contribution in [2.24, 2.45) is 23.7 Å². The first-order chi connectivity index (χ1) is 26.6. The molecule has 54 heavy (non-hydrogen) atoms. The average molecular weight is 774 g/mol. The van der Waals surface area contributed by atoms with Crippen LogP contribution in [0.3, 0.4) is 0 Å². The van der Waals surface area contributed by atoms with Gasteiger partial charge < -0.3 is 4.74 Å². The molecule has 6 heteroatoms. The highest BCUT2D eigenvalue weighted by Gasteiger charge is 2.38. The highest BCUT2D eigenvalue weighted by atomic mass is 32.1. The Balaban J connectivity index is 1.68. The summed E-state index contributed by atoms with van der Waals surface area (Å²) in [6.07, 6.45) is 48.2. The Morgan fingerprint density at radius 1 is 0.685 bits per heavy atom. The second kappa shape index (κ2) is 35.3. The number of carbonyl (C=O) groups excluding carboxylic acids is 1. The zero-order valence-electron chi connectivity index (χ0n) is 35.7. The van der Waals surface area contributed by atoms with Gasteiger partial charge >= 0.3 is 0 Å². The summed E-state index contributed by atoms with van der Waals surface area (Å²) >= 11 is 4.48. The minimum atomic E-state index is 0.101. The van der Waals surface area contributed by atoms with Crippen molar-refractivity contribution in [3.05, 3.63) is 36.5 Å². The number of hydrogen-bond donors (Lipinski definition) is 1.